The van der Waals surface area contributed by atoms with Gasteiger partial charge in [-0.15, -0.1) is 0 Å². The van der Waals surface area contributed by atoms with E-state index in [1.54, 1.807) is 0 Å². The van der Waals surface area contributed by atoms with Crippen molar-refractivity contribution in [3.63, 3.8) is 0 Å². The lowest BCUT2D eigenvalue weighted by molar-refractivity contribution is -0.0868. The minimum atomic E-state index is -2.04. The molecule has 0 aromatic carbocycles. The summed E-state index contributed by atoms with van der Waals surface area (Å²) < 4.78 is 14.0. The molecule has 134 valence electrons. The van der Waals surface area contributed by atoms with E-state index < -0.39 is 31.4 Å². The van der Waals surface area contributed by atoms with Gasteiger partial charge in [0.25, 0.3) is 5.56 Å². The summed E-state index contributed by atoms with van der Waals surface area (Å²) in [5.41, 5.74) is -1.73. The van der Waals surface area contributed by atoms with Crippen molar-refractivity contribution in [1.82, 2.24) is 9.55 Å². The highest BCUT2D eigenvalue weighted by Crippen LogP contribution is 2.61. The third-order valence-electron chi connectivity index (χ3n) is 5.70. The van der Waals surface area contributed by atoms with E-state index in [0.29, 0.717) is 6.42 Å². The van der Waals surface area contributed by atoms with E-state index in [1.165, 1.54) is 16.8 Å². The van der Waals surface area contributed by atoms with E-state index in [0.717, 1.165) is 0 Å². The minimum Gasteiger partial charge on any atom is -0.411 e. The maximum Gasteiger partial charge on any atom is 0.330 e. The molecular weight excluding hydrogens is 328 g/mol. The smallest absolute Gasteiger partial charge is 0.330 e. The van der Waals surface area contributed by atoms with E-state index in [4.69, 9.17) is 9.16 Å². The molecule has 3 rings (SSSR count). The average molecular weight is 354 g/mol. The molecule has 1 saturated heterocycles. The maximum atomic E-state index is 12.1. The quantitative estimate of drug-likeness (QED) is 0.787. The Balaban J connectivity index is 1.90. The van der Waals surface area contributed by atoms with Gasteiger partial charge in [-0.25, -0.2) is 4.79 Å². The summed E-state index contributed by atoms with van der Waals surface area (Å²) in [6.45, 7) is 10.7. The molecule has 0 spiro atoms. The van der Waals surface area contributed by atoms with Gasteiger partial charge in [0.05, 0.1) is 12.7 Å². The number of rotatable bonds is 4. The van der Waals surface area contributed by atoms with Gasteiger partial charge in [0.1, 0.15) is 6.10 Å². The summed E-state index contributed by atoms with van der Waals surface area (Å²) in [6, 6.07) is 1.31. The van der Waals surface area contributed by atoms with Crippen molar-refractivity contribution in [2.75, 3.05) is 6.61 Å². The Morgan fingerprint density at radius 3 is 2.67 bits per heavy atom. The number of hydrogen-bond donors (Lipinski definition) is 2. The third-order valence-corrected chi connectivity index (χ3v) is 10.2. The topological polar surface area (TPSA) is 93.6 Å². The SMILES string of the molecule is CC(C)(C)[Si](C)(C)OC1C2CC2(n2ccc(=O)[nH]c2=O)O[C@@H]1CO. The summed E-state index contributed by atoms with van der Waals surface area (Å²) in [4.78, 5) is 25.7. The van der Waals surface area contributed by atoms with Gasteiger partial charge in [-0.1, -0.05) is 20.8 Å². The number of aliphatic hydroxyl groups is 1. The predicted molar refractivity (Wildman–Crippen MR) is 91.4 cm³/mol. The van der Waals surface area contributed by atoms with Crippen molar-refractivity contribution in [3.05, 3.63) is 33.1 Å². The molecule has 3 unspecified atom stereocenters. The van der Waals surface area contributed by atoms with Crippen molar-refractivity contribution in [3.8, 4) is 0 Å². The highest BCUT2D eigenvalue weighted by Gasteiger charge is 2.70. The van der Waals surface area contributed by atoms with Crippen LogP contribution in [-0.4, -0.2) is 41.8 Å². The van der Waals surface area contributed by atoms with Gasteiger partial charge in [-0.2, -0.15) is 0 Å². The number of nitrogens with one attached hydrogen (secondary N) is 1. The summed E-state index contributed by atoms with van der Waals surface area (Å²) in [5.74, 6) is 0.00683. The van der Waals surface area contributed by atoms with Crippen LogP contribution in [-0.2, 0) is 14.9 Å². The number of aromatic amines is 1. The first-order chi connectivity index (χ1) is 11.0. The van der Waals surface area contributed by atoms with Gasteiger partial charge in [-0.05, 0) is 18.1 Å². The zero-order chi connectivity index (χ0) is 17.9. The molecule has 4 atom stereocenters. The standard InChI is InChI=1S/C16H26N2O5Si/c1-15(2,3)24(4,5)23-13-10-8-16(10,22-11(13)9-19)18-7-6-12(20)17-14(18)21/h6-7,10-11,13,19H,8-9H2,1-5H3,(H,17,20,21)/t10?,11-,13?,16?/m1/s1. The molecule has 2 aliphatic rings. The van der Waals surface area contributed by atoms with Gasteiger partial charge in [0.15, 0.2) is 14.0 Å². The van der Waals surface area contributed by atoms with E-state index in [-0.39, 0.29) is 23.7 Å². The molecule has 1 aliphatic heterocycles. The van der Waals surface area contributed by atoms with Crippen LogP contribution in [0.4, 0.5) is 0 Å². The Kier molecular flexibility index (Phi) is 3.95. The Bertz CT molecular complexity index is 750. The molecule has 7 nitrogen and oxygen atoms in total. The molecule has 1 aliphatic carbocycles. The molecule has 1 aromatic rings. The van der Waals surface area contributed by atoms with Crippen molar-refractivity contribution in [1.29, 1.82) is 0 Å². The predicted octanol–water partition coefficient (Wildman–Crippen LogP) is 0.991. The van der Waals surface area contributed by atoms with Crippen LogP contribution >= 0.6 is 0 Å². The fourth-order valence-electron chi connectivity index (χ4n) is 3.22. The van der Waals surface area contributed by atoms with Crippen LogP contribution in [0.25, 0.3) is 0 Å². The minimum absolute atomic E-state index is 0.00683. The number of aliphatic hydroxyl groups excluding tert-OH is 1. The first-order valence-electron chi connectivity index (χ1n) is 8.31. The molecule has 2 heterocycles. The third kappa shape index (κ3) is 2.61. The Morgan fingerprint density at radius 1 is 1.46 bits per heavy atom. The second kappa shape index (κ2) is 5.39. The van der Waals surface area contributed by atoms with Crippen LogP contribution in [0.2, 0.25) is 18.1 Å². The number of nitrogens with zero attached hydrogens (tertiary/aromatic N) is 1. The van der Waals surface area contributed by atoms with E-state index in [2.05, 4.69) is 38.8 Å². The molecule has 2 N–H and O–H groups in total. The monoisotopic (exact) mass is 354 g/mol. The number of fused-ring (bicyclic) bond motifs is 1. The number of ether oxygens (including phenoxy) is 1. The van der Waals surface area contributed by atoms with Gasteiger partial charge >= 0.3 is 5.69 Å². The average Bonchev–Trinajstić information content (AvgIpc) is 3.09. The van der Waals surface area contributed by atoms with Crippen LogP contribution in [0, 0.1) is 5.92 Å². The zero-order valence-corrected chi connectivity index (χ0v) is 15.8. The number of H-pyrrole nitrogens is 1. The van der Waals surface area contributed by atoms with Crippen molar-refractivity contribution >= 4 is 8.32 Å². The first kappa shape index (κ1) is 17.6. The van der Waals surface area contributed by atoms with Gasteiger partial charge in [-0.3, -0.25) is 14.3 Å². The van der Waals surface area contributed by atoms with Crippen LogP contribution in [0.1, 0.15) is 27.2 Å². The second-order valence-electron chi connectivity index (χ2n) is 8.32. The zero-order valence-electron chi connectivity index (χ0n) is 14.8. The van der Waals surface area contributed by atoms with E-state index >= 15 is 0 Å². The fourth-order valence-corrected chi connectivity index (χ4v) is 4.57. The molecule has 2 fully saturated rings. The lowest BCUT2D eigenvalue weighted by Gasteiger charge is -2.39. The molecular formula is C16H26N2O5Si. The lowest BCUT2D eigenvalue weighted by Crippen LogP contribution is -2.47. The van der Waals surface area contributed by atoms with Crippen molar-refractivity contribution in [2.24, 2.45) is 5.92 Å². The van der Waals surface area contributed by atoms with Crippen LogP contribution < -0.4 is 11.2 Å². The molecule has 0 amide bonds. The highest BCUT2D eigenvalue weighted by atomic mass is 28.4. The van der Waals surface area contributed by atoms with Crippen LogP contribution in [0.15, 0.2) is 21.9 Å². The first-order valence-corrected chi connectivity index (χ1v) is 11.2. The molecule has 8 heteroatoms. The Hall–Kier alpha value is -1.22. The summed E-state index contributed by atoms with van der Waals surface area (Å²) in [6.07, 6.45) is 1.41. The highest BCUT2D eigenvalue weighted by molar-refractivity contribution is 6.74. The summed E-state index contributed by atoms with van der Waals surface area (Å²) >= 11 is 0. The van der Waals surface area contributed by atoms with Crippen molar-refractivity contribution < 1.29 is 14.3 Å². The summed E-state index contributed by atoms with van der Waals surface area (Å²) in [5, 5.41) is 9.76. The largest absolute Gasteiger partial charge is 0.411 e. The number of aromatic nitrogens is 2. The molecule has 0 bridgehead atoms. The Labute approximate surface area is 141 Å². The summed E-state index contributed by atoms with van der Waals surface area (Å²) in [7, 11) is -2.04. The molecule has 24 heavy (non-hydrogen) atoms. The van der Waals surface area contributed by atoms with E-state index in [9.17, 15) is 14.7 Å². The fraction of sp³-hybridized carbons (Fsp3) is 0.750. The maximum absolute atomic E-state index is 12.1. The number of hydrogen-bond acceptors (Lipinski definition) is 5. The molecule has 1 saturated carbocycles. The molecule has 0 radical (unpaired) electrons. The second-order valence-corrected chi connectivity index (χ2v) is 13.1. The van der Waals surface area contributed by atoms with Crippen molar-refractivity contribution in [2.45, 2.75) is 63.3 Å². The van der Waals surface area contributed by atoms with Gasteiger partial charge < -0.3 is 14.3 Å². The lowest BCUT2D eigenvalue weighted by atomic mass is 10.1. The van der Waals surface area contributed by atoms with Crippen LogP contribution in [0.5, 0.6) is 0 Å². The molecule has 1 aromatic heterocycles. The van der Waals surface area contributed by atoms with Gasteiger partial charge in [0, 0.05) is 24.6 Å². The van der Waals surface area contributed by atoms with Gasteiger partial charge in [0.2, 0.25) is 0 Å². The normalized spacial score (nSPS) is 32.7. The Morgan fingerprint density at radius 2 is 2.12 bits per heavy atom. The van der Waals surface area contributed by atoms with Crippen LogP contribution in [0.3, 0.4) is 0 Å². The van der Waals surface area contributed by atoms with E-state index in [1.807, 2.05) is 0 Å².